The monoisotopic (exact) mass is 337 g/mol. The number of fused-ring (bicyclic) bond motifs is 1. The van der Waals surface area contributed by atoms with E-state index >= 15 is 0 Å². The molecule has 2 aromatic rings. The van der Waals surface area contributed by atoms with Crippen LogP contribution in [0.5, 0.6) is 0 Å². The second-order valence-electron chi connectivity index (χ2n) is 5.51. The van der Waals surface area contributed by atoms with Crippen molar-refractivity contribution in [3.05, 3.63) is 47.3 Å². The number of thioether (sulfide) groups is 1. The highest BCUT2D eigenvalue weighted by atomic mass is 32.2. The summed E-state index contributed by atoms with van der Waals surface area (Å²) in [6.07, 6.45) is 4.53. The average molecular weight is 337 g/mol. The van der Waals surface area contributed by atoms with Crippen molar-refractivity contribution in [3.63, 3.8) is 0 Å². The summed E-state index contributed by atoms with van der Waals surface area (Å²) in [5.41, 5.74) is 2.94. The van der Waals surface area contributed by atoms with E-state index in [0.717, 1.165) is 46.3 Å². The zero-order valence-corrected chi connectivity index (χ0v) is 14.3. The molecule has 1 aromatic heterocycles. The van der Waals surface area contributed by atoms with Gasteiger partial charge in [-0.25, -0.2) is 0 Å². The number of nitrogens with zero attached hydrogens (tertiary/aromatic N) is 3. The van der Waals surface area contributed by atoms with Gasteiger partial charge in [-0.15, -0.1) is 11.8 Å². The predicted molar refractivity (Wildman–Crippen MR) is 88.5 cm³/mol. The molecule has 0 saturated carbocycles. The van der Waals surface area contributed by atoms with E-state index in [1.54, 1.807) is 42.2 Å². The zero-order valence-electron chi connectivity index (χ0n) is 12.7. The molecule has 0 unspecified atom stereocenters. The summed E-state index contributed by atoms with van der Waals surface area (Å²) in [5, 5.41) is 4.31. The molecule has 7 heteroatoms. The van der Waals surface area contributed by atoms with Crippen LogP contribution in [0.3, 0.4) is 0 Å². The van der Waals surface area contributed by atoms with Gasteiger partial charge in [-0.05, 0) is 25.3 Å². The first-order valence-electron chi connectivity index (χ1n) is 7.11. The molecule has 3 rings (SSSR count). The summed E-state index contributed by atoms with van der Waals surface area (Å²) in [6.45, 7) is 3.62. The predicted octanol–water partition coefficient (Wildman–Crippen LogP) is 2.11. The molecule has 0 fully saturated rings. The molecular weight excluding hydrogens is 318 g/mol. The Balaban J connectivity index is 1.92. The third-order valence-electron chi connectivity index (χ3n) is 3.79. The molecule has 5 nitrogen and oxygen atoms in total. The summed E-state index contributed by atoms with van der Waals surface area (Å²) in [7, 11) is -3.60. The fourth-order valence-corrected chi connectivity index (χ4v) is 4.33. The first-order valence-corrected chi connectivity index (χ1v) is 9.95. The Labute approximate surface area is 135 Å². The zero-order chi connectivity index (χ0) is 15.7. The number of aryl methyl sites for hydroxylation is 1. The highest BCUT2D eigenvalue weighted by Crippen LogP contribution is 2.21. The van der Waals surface area contributed by atoms with Gasteiger partial charge in [-0.1, -0.05) is 17.7 Å². The van der Waals surface area contributed by atoms with Gasteiger partial charge in [0, 0.05) is 37.1 Å². The van der Waals surface area contributed by atoms with Crippen molar-refractivity contribution < 1.29 is 8.42 Å². The van der Waals surface area contributed by atoms with Gasteiger partial charge in [0.2, 0.25) is 0 Å². The molecule has 0 radical (unpaired) electrons. The average Bonchev–Trinajstić information content (AvgIpc) is 2.92. The summed E-state index contributed by atoms with van der Waals surface area (Å²) in [6, 6.07) is 6.86. The van der Waals surface area contributed by atoms with Gasteiger partial charge < -0.3 is 0 Å². The molecule has 1 aromatic carbocycles. The van der Waals surface area contributed by atoms with Crippen molar-refractivity contribution in [1.82, 2.24) is 14.1 Å². The van der Waals surface area contributed by atoms with Crippen molar-refractivity contribution in [3.8, 4) is 0 Å². The van der Waals surface area contributed by atoms with E-state index in [9.17, 15) is 8.42 Å². The Kier molecular flexibility index (Phi) is 4.29. The van der Waals surface area contributed by atoms with E-state index in [2.05, 4.69) is 16.3 Å². The van der Waals surface area contributed by atoms with Crippen LogP contribution in [0, 0.1) is 6.92 Å². The van der Waals surface area contributed by atoms with Crippen molar-refractivity contribution >= 4 is 21.8 Å². The van der Waals surface area contributed by atoms with Crippen LogP contribution in [0.4, 0.5) is 0 Å². The fraction of sp³-hybridized carbons (Fsp3) is 0.400. The van der Waals surface area contributed by atoms with E-state index < -0.39 is 10.0 Å². The van der Waals surface area contributed by atoms with Crippen molar-refractivity contribution in [1.29, 1.82) is 0 Å². The smallest absolute Gasteiger partial charge is 0.282 e. The highest BCUT2D eigenvalue weighted by Gasteiger charge is 2.24. The standard InChI is InChI=1S/C15H19N3O2S2/c1-12-3-5-14(6-4-12)22(19,20)18-10-13-9-17(11-21-2)8-7-15(13)16-18/h3-6,10H,7-9,11H2,1-2H3. The number of hydrogen-bond acceptors (Lipinski definition) is 5. The lowest BCUT2D eigenvalue weighted by Crippen LogP contribution is -2.29. The van der Waals surface area contributed by atoms with E-state index in [0.29, 0.717) is 0 Å². The Morgan fingerprint density at radius 3 is 2.68 bits per heavy atom. The molecule has 1 aliphatic heterocycles. The Morgan fingerprint density at radius 2 is 2.00 bits per heavy atom. The minimum absolute atomic E-state index is 0.277. The fourth-order valence-electron chi connectivity index (χ4n) is 2.58. The molecule has 0 N–H and O–H groups in total. The second kappa shape index (κ2) is 6.06. The number of rotatable bonds is 4. The maximum atomic E-state index is 12.7. The highest BCUT2D eigenvalue weighted by molar-refractivity contribution is 7.98. The molecular formula is C15H19N3O2S2. The van der Waals surface area contributed by atoms with Crippen LogP contribution < -0.4 is 0 Å². The second-order valence-corrected chi connectivity index (χ2v) is 8.14. The molecule has 1 aliphatic rings. The van der Waals surface area contributed by atoms with Crippen LogP contribution in [-0.2, 0) is 23.0 Å². The topological polar surface area (TPSA) is 55.2 Å². The molecule has 0 saturated heterocycles. The first-order chi connectivity index (χ1) is 10.5. The third kappa shape index (κ3) is 2.93. The van der Waals surface area contributed by atoms with E-state index in [4.69, 9.17) is 0 Å². The Morgan fingerprint density at radius 1 is 1.27 bits per heavy atom. The number of aromatic nitrogens is 2. The lowest BCUT2D eigenvalue weighted by Gasteiger charge is -2.24. The Hall–Kier alpha value is -1.31. The van der Waals surface area contributed by atoms with Crippen LogP contribution in [0.2, 0.25) is 0 Å². The molecule has 22 heavy (non-hydrogen) atoms. The quantitative estimate of drug-likeness (QED) is 0.855. The van der Waals surface area contributed by atoms with Gasteiger partial charge >= 0.3 is 0 Å². The summed E-state index contributed by atoms with van der Waals surface area (Å²) < 4.78 is 26.4. The van der Waals surface area contributed by atoms with Crippen LogP contribution in [0.1, 0.15) is 16.8 Å². The normalized spacial score (nSPS) is 15.7. The van der Waals surface area contributed by atoms with Crippen LogP contribution in [-0.4, -0.2) is 41.2 Å². The maximum Gasteiger partial charge on any atom is 0.282 e. The largest absolute Gasteiger partial charge is 0.289 e. The minimum Gasteiger partial charge on any atom is -0.289 e. The van der Waals surface area contributed by atoms with E-state index in [1.165, 1.54) is 0 Å². The number of benzene rings is 1. The molecule has 2 heterocycles. The SMILES string of the molecule is CSCN1CCc2nn(S(=O)(=O)c3ccc(C)cc3)cc2C1. The lowest BCUT2D eigenvalue weighted by atomic mass is 10.1. The summed E-state index contributed by atoms with van der Waals surface area (Å²) in [4.78, 5) is 2.58. The molecule has 0 atom stereocenters. The van der Waals surface area contributed by atoms with Gasteiger partial charge in [-0.3, -0.25) is 4.90 Å². The van der Waals surface area contributed by atoms with Crippen molar-refractivity contribution in [2.24, 2.45) is 0 Å². The van der Waals surface area contributed by atoms with E-state index in [1.807, 2.05) is 6.92 Å². The summed E-state index contributed by atoms with van der Waals surface area (Å²) in [5.74, 6) is 0.954. The maximum absolute atomic E-state index is 12.7. The Bertz CT molecular complexity index is 767. The lowest BCUT2D eigenvalue weighted by molar-refractivity contribution is 0.299. The first kappa shape index (κ1) is 15.6. The van der Waals surface area contributed by atoms with Crippen LogP contribution in [0.25, 0.3) is 0 Å². The van der Waals surface area contributed by atoms with Gasteiger partial charge in [0.25, 0.3) is 10.0 Å². The minimum atomic E-state index is -3.60. The van der Waals surface area contributed by atoms with Gasteiger partial charge in [0.05, 0.1) is 10.6 Å². The van der Waals surface area contributed by atoms with Gasteiger partial charge in [-0.2, -0.15) is 17.6 Å². The van der Waals surface area contributed by atoms with Crippen LogP contribution in [0.15, 0.2) is 35.4 Å². The molecule has 0 spiro atoms. The van der Waals surface area contributed by atoms with Crippen LogP contribution >= 0.6 is 11.8 Å². The molecule has 0 bridgehead atoms. The van der Waals surface area contributed by atoms with Gasteiger partial charge in [0.1, 0.15) is 0 Å². The molecule has 0 aliphatic carbocycles. The molecule has 118 valence electrons. The number of hydrogen-bond donors (Lipinski definition) is 0. The molecule has 0 amide bonds. The van der Waals surface area contributed by atoms with Gasteiger partial charge in [0.15, 0.2) is 0 Å². The third-order valence-corrected chi connectivity index (χ3v) is 5.96. The van der Waals surface area contributed by atoms with Crippen molar-refractivity contribution in [2.75, 3.05) is 18.7 Å². The van der Waals surface area contributed by atoms with E-state index in [-0.39, 0.29) is 4.90 Å². The summed E-state index contributed by atoms with van der Waals surface area (Å²) >= 11 is 1.77. The van der Waals surface area contributed by atoms with Crippen molar-refractivity contribution in [2.45, 2.75) is 24.8 Å².